The highest BCUT2D eigenvalue weighted by molar-refractivity contribution is 6.01. The molecule has 0 saturated carbocycles. The van der Waals surface area contributed by atoms with Crippen LogP contribution in [0, 0.1) is 5.41 Å². The summed E-state index contributed by atoms with van der Waals surface area (Å²) >= 11 is 0. The molecule has 0 bridgehead atoms. The lowest BCUT2D eigenvalue weighted by atomic mass is 9.99. The number of hydrogen-bond acceptors (Lipinski definition) is 6. The molecule has 0 fully saturated rings. The first kappa shape index (κ1) is 18.2. The predicted molar refractivity (Wildman–Crippen MR) is 94.7 cm³/mol. The lowest BCUT2D eigenvalue weighted by molar-refractivity contribution is 0.0537. The van der Waals surface area contributed by atoms with Crippen molar-refractivity contribution in [3.63, 3.8) is 0 Å². The molecule has 0 radical (unpaired) electrons. The second-order valence-corrected chi connectivity index (χ2v) is 5.20. The van der Waals surface area contributed by atoms with E-state index in [1.165, 1.54) is 19.5 Å². The summed E-state index contributed by atoms with van der Waals surface area (Å²) in [4.78, 5) is 28.8. The number of pyridine rings is 2. The van der Waals surface area contributed by atoms with Gasteiger partial charge in [0.15, 0.2) is 0 Å². The molecule has 2 aromatic rings. The fourth-order valence-corrected chi connectivity index (χ4v) is 2.22. The summed E-state index contributed by atoms with van der Waals surface area (Å²) in [5, 5.41) is 7.64. The Balaban J connectivity index is 2.09. The van der Waals surface area contributed by atoms with Crippen molar-refractivity contribution in [2.75, 3.05) is 13.7 Å². The number of nitrogens with zero attached hydrogens (tertiary/aromatic N) is 3. The van der Waals surface area contributed by atoms with Crippen LogP contribution in [0.15, 0.2) is 48.0 Å². The second kappa shape index (κ2) is 9.24. The van der Waals surface area contributed by atoms with Gasteiger partial charge in [-0.1, -0.05) is 0 Å². The Morgan fingerprint density at radius 1 is 1.40 bits per heavy atom. The normalized spacial score (nSPS) is 12.4. The standard InChI is InChI=1S/C17H20N6O2/c1-25-23-17(24)14-8-13(10-21-11-14)15(9-18)16(19)22-7-4-12-2-5-20-6-3-12/h2-3,5-6,8-11,15,18H,4,7H2,1H3,(H2,19,22)(H,23,24). The average molecular weight is 340 g/mol. The van der Waals surface area contributed by atoms with E-state index in [-0.39, 0.29) is 0 Å². The first-order chi connectivity index (χ1) is 12.2. The van der Waals surface area contributed by atoms with E-state index in [0.29, 0.717) is 23.5 Å². The van der Waals surface area contributed by atoms with Crippen molar-refractivity contribution < 1.29 is 9.63 Å². The van der Waals surface area contributed by atoms with Crippen LogP contribution in [0.2, 0.25) is 0 Å². The molecule has 0 aliphatic carbocycles. The van der Waals surface area contributed by atoms with E-state index in [9.17, 15) is 4.79 Å². The third kappa shape index (κ3) is 5.18. The van der Waals surface area contributed by atoms with Gasteiger partial charge < -0.3 is 11.1 Å². The molecule has 2 heterocycles. The maximum Gasteiger partial charge on any atom is 0.276 e. The predicted octanol–water partition coefficient (Wildman–Crippen LogP) is 1.10. The van der Waals surface area contributed by atoms with Gasteiger partial charge >= 0.3 is 0 Å². The summed E-state index contributed by atoms with van der Waals surface area (Å²) in [6, 6.07) is 5.45. The van der Waals surface area contributed by atoms with Crippen molar-refractivity contribution in [1.29, 1.82) is 5.41 Å². The molecule has 2 rings (SSSR count). The van der Waals surface area contributed by atoms with Crippen molar-refractivity contribution in [2.45, 2.75) is 12.3 Å². The highest BCUT2D eigenvalue weighted by Gasteiger charge is 2.16. The Morgan fingerprint density at radius 2 is 2.16 bits per heavy atom. The van der Waals surface area contributed by atoms with Gasteiger partial charge in [-0.15, -0.1) is 0 Å². The van der Waals surface area contributed by atoms with E-state index >= 15 is 0 Å². The van der Waals surface area contributed by atoms with E-state index < -0.39 is 11.8 Å². The Kier molecular flexibility index (Phi) is 6.73. The van der Waals surface area contributed by atoms with E-state index in [2.05, 4.69) is 25.3 Å². The first-order valence-electron chi connectivity index (χ1n) is 7.63. The van der Waals surface area contributed by atoms with Crippen LogP contribution in [0.3, 0.4) is 0 Å². The van der Waals surface area contributed by atoms with Crippen molar-refractivity contribution in [1.82, 2.24) is 15.4 Å². The highest BCUT2D eigenvalue weighted by Crippen LogP contribution is 2.15. The third-order valence-electron chi connectivity index (χ3n) is 3.50. The molecule has 4 N–H and O–H groups in total. The average Bonchev–Trinajstić information content (AvgIpc) is 2.64. The van der Waals surface area contributed by atoms with E-state index in [0.717, 1.165) is 12.0 Å². The number of amides is 1. The van der Waals surface area contributed by atoms with Gasteiger partial charge in [-0.25, -0.2) is 5.48 Å². The van der Waals surface area contributed by atoms with Crippen molar-refractivity contribution in [3.8, 4) is 0 Å². The van der Waals surface area contributed by atoms with Crippen molar-refractivity contribution >= 4 is 18.0 Å². The molecule has 0 aliphatic heterocycles. The van der Waals surface area contributed by atoms with Crippen molar-refractivity contribution in [2.24, 2.45) is 10.7 Å². The molecule has 0 spiro atoms. The molecule has 8 nitrogen and oxygen atoms in total. The lowest BCUT2D eigenvalue weighted by Gasteiger charge is -2.12. The number of amidine groups is 1. The van der Waals surface area contributed by atoms with Gasteiger partial charge in [-0.05, 0) is 35.7 Å². The van der Waals surface area contributed by atoms with Gasteiger partial charge in [0.1, 0.15) is 5.84 Å². The molecule has 1 atom stereocenters. The number of rotatable bonds is 8. The highest BCUT2D eigenvalue weighted by atomic mass is 16.6. The minimum absolute atomic E-state index is 0.301. The SMILES string of the molecule is CONC(=O)c1cncc(C(C=N)C(N)=NCCc2ccncc2)c1. The molecule has 0 aliphatic rings. The molecular weight excluding hydrogens is 320 g/mol. The zero-order valence-electron chi connectivity index (χ0n) is 13.8. The van der Waals surface area contributed by atoms with Gasteiger partial charge in [-0.2, -0.15) is 0 Å². The monoisotopic (exact) mass is 340 g/mol. The first-order valence-corrected chi connectivity index (χ1v) is 7.63. The van der Waals surface area contributed by atoms with Crippen LogP contribution in [-0.4, -0.2) is 41.6 Å². The smallest absolute Gasteiger partial charge is 0.276 e. The zero-order chi connectivity index (χ0) is 18.1. The number of nitrogens with one attached hydrogen (secondary N) is 2. The quantitative estimate of drug-likeness (QED) is 0.377. The summed E-state index contributed by atoms with van der Waals surface area (Å²) in [7, 11) is 1.35. The van der Waals surface area contributed by atoms with Gasteiger partial charge in [0.25, 0.3) is 5.91 Å². The summed E-state index contributed by atoms with van der Waals surface area (Å²) in [6.07, 6.45) is 8.33. The van der Waals surface area contributed by atoms with Crippen LogP contribution in [-0.2, 0) is 11.3 Å². The molecule has 25 heavy (non-hydrogen) atoms. The van der Waals surface area contributed by atoms with E-state index in [1.54, 1.807) is 24.7 Å². The molecule has 0 saturated heterocycles. The molecule has 0 aromatic carbocycles. The molecule has 2 aromatic heterocycles. The van der Waals surface area contributed by atoms with Crippen LogP contribution < -0.4 is 11.2 Å². The fourth-order valence-electron chi connectivity index (χ4n) is 2.22. The van der Waals surface area contributed by atoms with Gasteiger partial charge in [0, 0.05) is 37.5 Å². The number of aliphatic imine (C=N–C) groups is 1. The number of carbonyl (C=O) groups excluding carboxylic acids is 1. The summed E-state index contributed by atoms with van der Waals surface area (Å²) in [6.45, 7) is 0.497. The number of aromatic nitrogens is 2. The maximum atomic E-state index is 11.8. The minimum atomic E-state index is -0.541. The van der Waals surface area contributed by atoms with Gasteiger partial charge in [0.05, 0.1) is 18.6 Å². The number of hydrogen-bond donors (Lipinski definition) is 3. The van der Waals surface area contributed by atoms with Crippen molar-refractivity contribution in [3.05, 3.63) is 59.7 Å². The Morgan fingerprint density at radius 3 is 2.84 bits per heavy atom. The third-order valence-corrected chi connectivity index (χ3v) is 3.50. The molecule has 1 unspecified atom stereocenters. The Hall–Kier alpha value is -3.13. The number of hydroxylamine groups is 1. The summed E-state index contributed by atoms with van der Waals surface area (Å²) < 4.78 is 0. The molecular formula is C17H20N6O2. The molecule has 8 heteroatoms. The van der Waals surface area contributed by atoms with Crippen LogP contribution in [0.4, 0.5) is 0 Å². The van der Waals surface area contributed by atoms with Crippen LogP contribution in [0.1, 0.15) is 27.4 Å². The number of carbonyl (C=O) groups is 1. The van der Waals surface area contributed by atoms with Gasteiger partial charge in [-0.3, -0.25) is 24.6 Å². The second-order valence-electron chi connectivity index (χ2n) is 5.20. The zero-order valence-corrected chi connectivity index (χ0v) is 13.8. The molecule has 1 amide bonds. The van der Waals surface area contributed by atoms with Gasteiger partial charge in [0.2, 0.25) is 0 Å². The van der Waals surface area contributed by atoms with E-state index in [4.69, 9.17) is 11.1 Å². The fraction of sp³-hybridized carbons (Fsp3) is 0.235. The van der Waals surface area contributed by atoms with Crippen LogP contribution in [0.5, 0.6) is 0 Å². The topological polar surface area (TPSA) is 126 Å². The summed E-state index contributed by atoms with van der Waals surface area (Å²) in [5.74, 6) is -0.663. The number of nitrogens with two attached hydrogens (primary N) is 1. The lowest BCUT2D eigenvalue weighted by Crippen LogP contribution is -2.25. The largest absolute Gasteiger partial charge is 0.387 e. The summed E-state index contributed by atoms with van der Waals surface area (Å²) in [5.41, 5.74) is 10.3. The van der Waals surface area contributed by atoms with E-state index in [1.807, 2.05) is 12.1 Å². The Labute approximate surface area is 145 Å². The maximum absolute atomic E-state index is 11.8. The Bertz CT molecular complexity index is 748. The minimum Gasteiger partial charge on any atom is -0.387 e. The molecule has 130 valence electrons. The van der Waals surface area contributed by atoms with Crippen LogP contribution in [0.25, 0.3) is 0 Å². The van der Waals surface area contributed by atoms with Crippen LogP contribution >= 0.6 is 0 Å².